The predicted octanol–water partition coefficient (Wildman–Crippen LogP) is 6.83. The summed E-state index contributed by atoms with van der Waals surface area (Å²) < 4.78 is 15.7. The lowest BCUT2D eigenvalue weighted by atomic mass is 10.2. The first-order chi connectivity index (χ1) is 16.8. The van der Waals surface area contributed by atoms with Crippen molar-refractivity contribution in [1.82, 2.24) is 0 Å². The zero-order chi connectivity index (χ0) is 23.2. The van der Waals surface area contributed by atoms with Crippen molar-refractivity contribution in [3.8, 4) is 0 Å². The van der Waals surface area contributed by atoms with Crippen molar-refractivity contribution in [2.24, 2.45) is 0 Å². The normalized spacial score (nSPS) is 12.4. The Kier molecular flexibility index (Phi) is 6.87. The average Bonchev–Trinajstić information content (AvgIpc) is 2.93. The summed E-state index contributed by atoms with van der Waals surface area (Å²) in [7, 11) is -4.10. The minimum atomic E-state index is -3.11. The second kappa shape index (κ2) is 10.4. The third kappa shape index (κ3) is 4.43. The van der Waals surface area contributed by atoms with Gasteiger partial charge in [0, 0.05) is 10.6 Å². The van der Waals surface area contributed by atoms with E-state index < -0.39 is 15.1 Å². The van der Waals surface area contributed by atoms with Gasteiger partial charge in [-0.25, -0.2) is 0 Å². The van der Waals surface area contributed by atoms with E-state index in [1.807, 2.05) is 78.9 Å². The second-order valence-electron chi connectivity index (χ2n) is 8.15. The van der Waals surface area contributed by atoms with E-state index in [1.165, 1.54) is 10.6 Å². The molecule has 5 aromatic carbocycles. The van der Waals surface area contributed by atoms with Crippen LogP contribution in [0.25, 0.3) is 0 Å². The Labute approximate surface area is 203 Å². The third-order valence-electron chi connectivity index (χ3n) is 6.03. The molecule has 0 saturated carbocycles. The third-order valence-corrected chi connectivity index (χ3v) is 13.3. The Balaban J connectivity index is 1.85. The Morgan fingerprint density at radius 1 is 0.441 bits per heavy atom. The molecule has 0 aliphatic heterocycles. The smallest absolute Gasteiger partial charge is 0.155 e. The van der Waals surface area contributed by atoms with Crippen LogP contribution in [0, 0.1) is 0 Å². The van der Waals surface area contributed by atoms with Crippen molar-refractivity contribution < 1.29 is 4.57 Å². The van der Waals surface area contributed by atoms with Gasteiger partial charge < -0.3 is 4.57 Å². The molecular weight excluding hydrogens is 450 g/mol. The molecule has 0 aliphatic rings. The van der Waals surface area contributed by atoms with Gasteiger partial charge in [0.25, 0.3) is 0 Å². The summed E-state index contributed by atoms with van der Waals surface area (Å²) in [5.74, 6) is 0. The van der Waals surface area contributed by atoms with E-state index in [0.29, 0.717) is 0 Å². The minimum absolute atomic E-state index is 0.210. The summed E-state index contributed by atoms with van der Waals surface area (Å²) in [5.41, 5.74) is 1.11. The van der Waals surface area contributed by atoms with Gasteiger partial charge in [0.2, 0.25) is 0 Å². The Morgan fingerprint density at radius 2 is 0.765 bits per heavy atom. The van der Waals surface area contributed by atoms with Gasteiger partial charge >= 0.3 is 0 Å². The molecule has 0 aliphatic carbocycles. The molecule has 0 spiro atoms. The number of rotatable bonds is 7. The maximum absolute atomic E-state index is 15.7. The van der Waals surface area contributed by atoms with Crippen LogP contribution in [0.5, 0.6) is 0 Å². The van der Waals surface area contributed by atoms with Crippen LogP contribution in [0.2, 0.25) is 0 Å². The van der Waals surface area contributed by atoms with E-state index in [4.69, 9.17) is 0 Å². The first-order valence-electron chi connectivity index (χ1n) is 11.4. The van der Waals surface area contributed by atoms with Crippen molar-refractivity contribution >= 4 is 36.3 Å². The summed E-state index contributed by atoms with van der Waals surface area (Å²) >= 11 is 0. The van der Waals surface area contributed by atoms with E-state index in [1.54, 1.807) is 0 Å². The molecule has 0 heterocycles. The highest BCUT2D eigenvalue weighted by molar-refractivity contribution is 7.92. The highest BCUT2D eigenvalue weighted by Gasteiger charge is 2.43. The van der Waals surface area contributed by atoms with Gasteiger partial charge in [-0.2, -0.15) is 0 Å². The van der Waals surface area contributed by atoms with E-state index in [-0.39, 0.29) is 5.40 Å². The SMILES string of the molecule is O=P(c1ccccc1)(c1ccccc1)[C@H](c1ccccc1)P(c1ccccc1)c1ccccc1. The van der Waals surface area contributed by atoms with Crippen molar-refractivity contribution in [3.05, 3.63) is 157 Å². The van der Waals surface area contributed by atoms with E-state index >= 15 is 4.57 Å². The highest BCUT2D eigenvalue weighted by atomic mass is 31.2. The number of hydrogen-bond donors (Lipinski definition) is 0. The summed E-state index contributed by atoms with van der Waals surface area (Å²) in [6.07, 6.45) is 0. The molecule has 5 rings (SSSR count). The van der Waals surface area contributed by atoms with Crippen molar-refractivity contribution in [3.63, 3.8) is 0 Å². The number of benzene rings is 5. The minimum Gasteiger partial charge on any atom is -0.313 e. The zero-order valence-electron chi connectivity index (χ0n) is 18.8. The van der Waals surface area contributed by atoms with Gasteiger partial charge in [-0.15, -0.1) is 0 Å². The fraction of sp³-hybridized carbons (Fsp3) is 0.0323. The molecular formula is C31H26OP2. The van der Waals surface area contributed by atoms with Gasteiger partial charge in [-0.05, 0) is 24.1 Å². The van der Waals surface area contributed by atoms with Crippen LogP contribution in [0.1, 0.15) is 11.0 Å². The van der Waals surface area contributed by atoms with Crippen LogP contribution in [0.15, 0.2) is 152 Å². The first kappa shape index (κ1) is 22.5. The summed E-state index contributed by atoms with van der Waals surface area (Å²) in [4.78, 5) is 0. The number of hydrogen-bond acceptors (Lipinski definition) is 1. The maximum atomic E-state index is 15.7. The van der Waals surface area contributed by atoms with Gasteiger partial charge in [0.1, 0.15) is 0 Å². The fourth-order valence-corrected chi connectivity index (χ4v) is 12.4. The fourth-order valence-electron chi connectivity index (χ4n) is 4.49. The van der Waals surface area contributed by atoms with Crippen molar-refractivity contribution in [2.75, 3.05) is 0 Å². The lowest BCUT2D eigenvalue weighted by Crippen LogP contribution is -2.26. The van der Waals surface area contributed by atoms with Gasteiger partial charge in [0.05, 0.1) is 5.40 Å². The molecule has 1 atom stereocenters. The largest absolute Gasteiger partial charge is 0.313 e. The van der Waals surface area contributed by atoms with E-state index in [9.17, 15) is 0 Å². The lowest BCUT2D eigenvalue weighted by molar-refractivity contribution is 0.585. The molecule has 1 nitrogen and oxygen atoms in total. The van der Waals surface area contributed by atoms with Crippen molar-refractivity contribution in [1.29, 1.82) is 0 Å². The molecule has 0 aromatic heterocycles. The summed E-state index contributed by atoms with van der Waals surface area (Å²) in [5, 5.41) is 4.04. The molecule has 34 heavy (non-hydrogen) atoms. The van der Waals surface area contributed by atoms with Crippen LogP contribution in [0.3, 0.4) is 0 Å². The van der Waals surface area contributed by atoms with Crippen LogP contribution in [0.4, 0.5) is 0 Å². The van der Waals surface area contributed by atoms with Crippen LogP contribution < -0.4 is 21.2 Å². The van der Waals surface area contributed by atoms with Gasteiger partial charge in [0.15, 0.2) is 7.14 Å². The Morgan fingerprint density at radius 3 is 1.15 bits per heavy atom. The van der Waals surface area contributed by atoms with Crippen molar-refractivity contribution in [2.45, 2.75) is 5.40 Å². The monoisotopic (exact) mass is 476 g/mol. The van der Waals surface area contributed by atoms with Crippen LogP contribution >= 0.6 is 15.1 Å². The predicted molar refractivity (Wildman–Crippen MR) is 148 cm³/mol. The molecule has 0 bridgehead atoms. The molecule has 0 unspecified atom stereocenters. The first-order valence-corrected chi connectivity index (χ1v) is 14.6. The van der Waals surface area contributed by atoms with Crippen LogP contribution in [-0.2, 0) is 4.57 Å². The molecule has 0 radical (unpaired) electrons. The Hall–Kier alpha value is -3.24. The highest BCUT2D eigenvalue weighted by Crippen LogP contribution is 2.70. The molecule has 3 heteroatoms. The lowest BCUT2D eigenvalue weighted by Gasteiger charge is -2.36. The van der Waals surface area contributed by atoms with Crippen LogP contribution in [-0.4, -0.2) is 0 Å². The van der Waals surface area contributed by atoms with Gasteiger partial charge in [-0.3, -0.25) is 0 Å². The summed E-state index contributed by atoms with van der Waals surface area (Å²) in [6, 6.07) is 51.8. The second-order valence-corrected chi connectivity index (χ2v) is 13.7. The maximum Gasteiger partial charge on any atom is 0.155 e. The molecule has 5 aromatic rings. The molecule has 0 amide bonds. The molecule has 0 N–H and O–H groups in total. The standard InChI is InChI=1S/C31H26OP2/c32-34(29-22-12-4-13-23-29,30-24-14-5-15-25-30)31(26-16-6-1-7-17-26)33(27-18-8-2-9-19-27)28-20-10-3-11-21-28/h1-25,31H/t31-/m1/s1. The van der Waals surface area contributed by atoms with Gasteiger partial charge in [-0.1, -0.05) is 152 Å². The Bertz CT molecular complexity index is 1270. The summed E-state index contributed by atoms with van der Waals surface area (Å²) in [6.45, 7) is 0. The zero-order valence-corrected chi connectivity index (χ0v) is 20.6. The molecule has 0 fully saturated rings. The molecule has 166 valence electrons. The quantitative estimate of drug-likeness (QED) is 0.235. The van der Waals surface area contributed by atoms with E-state index in [2.05, 4.69) is 72.8 Å². The average molecular weight is 476 g/mol. The topological polar surface area (TPSA) is 17.1 Å². The van der Waals surface area contributed by atoms with E-state index in [0.717, 1.165) is 16.2 Å². The molecule has 0 saturated heterocycles.